The van der Waals surface area contributed by atoms with Gasteiger partial charge in [0.15, 0.2) is 0 Å². The van der Waals surface area contributed by atoms with Crippen molar-refractivity contribution in [3.8, 4) is 5.75 Å². The molecule has 1 aliphatic heterocycles. The summed E-state index contributed by atoms with van der Waals surface area (Å²) in [6.45, 7) is 4.14. The molecule has 1 saturated carbocycles. The fourth-order valence-corrected chi connectivity index (χ4v) is 4.42. The summed E-state index contributed by atoms with van der Waals surface area (Å²) in [5, 5.41) is 0. The molecule has 4 atom stereocenters. The number of anilines is 1. The number of allylic oxidation sites excluding steroid dienone is 4. The van der Waals surface area contributed by atoms with E-state index in [-0.39, 0.29) is 35.5 Å². The summed E-state index contributed by atoms with van der Waals surface area (Å²) in [4.78, 5) is 27.2. The first-order chi connectivity index (χ1) is 11.0. The van der Waals surface area contributed by atoms with Crippen molar-refractivity contribution < 1.29 is 14.3 Å². The Morgan fingerprint density at radius 2 is 1.48 bits per heavy atom. The molecular formula is C19H19NO3. The first kappa shape index (κ1) is 14.2. The Morgan fingerprint density at radius 1 is 0.957 bits per heavy atom. The van der Waals surface area contributed by atoms with Crippen LogP contribution in [-0.2, 0) is 9.59 Å². The molecule has 1 saturated heterocycles. The first-order valence-electron chi connectivity index (χ1n) is 7.92. The van der Waals surface area contributed by atoms with E-state index in [1.54, 1.807) is 31.4 Å². The molecular weight excluding hydrogens is 290 g/mol. The highest BCUT2D eigenvalue weighted by molar-refractivity contribution is 6.23. The lowest BCUT2D eigenvalue weighted by Crippen LogP contribution is -2.33. The van der Waals surface area contributed by atoms with Crippen LogP contribution in [0.25, 0.3) is 0 Å². The standard InChI is InChI=1S/C19H19NO3/c1-10(2)15-13-8-9-14(15)17-16(13)18(21)20(19(17)22)11-4-6-12(23-3)7-5-11/h4-9,13-14,16-17H,1-3H3/t13-,14+,16-,17-/m0/s1. The molecule has 1 aromatic carbocycles. The molecule has 0 spiro atoms. The van der Waals surface area contributed by atoms with Crippen LogP contribution in [0, 0.1) is 23.7 Å². The molecule has 1 heterocycles. The normalized spacial score (nSPS) is 31.1. The van der Waals surface area contributed by atoms with Crippen LogP contribution in [0.5, 0.6) is 5.75 Å². The van der Waals surface area contributed by atoms with E-state index in [1.165, 1.54) is 16.0 Å². The minimum atomic E-state index is -0.232. The summed E-state index contributed by atoms with van der Waals surface area (Å²) in [5.41, 5.74) is 3.14. The highest BCUT2D eigenvalue weighted by Crippen LogP contribution is 2.57. The van der Waals surface area contributed by atoms with Gasteiger partial charge in [-0.3, -0.25) is 9.59 Å². The van der Waals surface area contributed by atoms with Crippen molar-refractivity contribution in [3.05, 3.63) is 47.6 Å². The largest absolute Gasteiger partial charge is 0.497 e. The van der Waals surface area contributed by atoms with Crippen LogP contribution in [0.15, 0.2) is 47.6 Å². The van der Waals surface area contributed by atoms with Crippen LogP contribution in [0.1, 0.15) is 13.8 Å². The fraction of sp³-hybridized carbons (Fsp3) is 0.368. The maximum absolute atomic E-state index is 12.9. The van der Waals surface area contributed by atoms with Gasteiger partial charge >= 0.3 is 0 Å². The third-order valence-electron chi connectivity index (χ3n) is 5.32. The SMILES string of the molecule is COc1ccc(N2C(=O)[C@@H]3[C@@H](C2=O)[C@H]2C=C[C@@H]3C2=C(C)C)cc1. The van der Waals surface area contributed by atoms with E-state index in [0.717, 1.165) is 0 Å². The van der Waals surface area contributed by atoms with Crippen molar-refractivity contribution in [1.82, 2.24) is 0 Å². The summed E-state index contributed by atoms with van der Waals surface area (Å²) in [6.07, 6.45) is 4.22. The summed E-state index contributed by atoms with van der Waals surface area (Å²) < 4.78 is 5.14. The third kappa shape index (κ3) is 1.78. The average Bonchev–Trinajstić information content (AvgIpc) is 3.18. The molecule has 2 fully saturated rings. The average molecular weight is 309 g/mol. The second-order valence-corrected chi connectivity index (χ2v) is 6.65. The third-order valence-corrected chi connectivity index (χ3v) is 5.32. The fourth-order valence-electron chi connectivity index (χ4n) is 4.42. The second kappa shape index (κ2) is 4.82. The van der Waals surface area contributed by atoms with E-state index >= 15 is 0 Å². The Balaban J connectivity index is 1.72. The number of fused-ring (bicyclic) bond motifs is 5. The number of benzene rings is 1. The van der Waals surface area contributed by atoms with Crippen molar-refractivity contribution in [2.45, 2.75) is 13.8 Å². The number of amides is 2. The van der Waals surface area contributed by atoms with Crippen molar-refractivity contribution in [2.75, 3.05) is 12.0 Å². The van der Waals surface area contributed by atoms with E-state index in [9.17, 15) is 9.59 Å². The molecule has 0 radical (unpaired) electrons. The van der Waals surface area contributed by atoms with Crippen LogP contribution in [-0.4, -0.2) is 18.9 Å². The summed E-state index contributed by atoms with van der Waals surface area (Å²) in [5.74, 6) is 0.293. The highest BCUT2D eigenvalue weighted by atomic mass is 16.5. The number of rotatable bonds is 2. The van der Waals surface area contributed by atoms with E-state index in [4.69, 9.17) is 4.74 Å². The van der Waals surface area contributed by atoms with Gasteiger partial charge in [-0.05, 0) is 38.1 Å². The zero-order valence-electron chi connectivity index (χ0n) is 13.4. The van der Waals surface area contributed by atoms with Crippen molar-refractivity contribution in [3.63, 3.8) is 0 Å². The molecule has 2 aliphatic carbocycles. The van der Waals surface area contributed by atoms with Gasteiger partial charge in [0.2, 0.25) is 11.8 Å². The topological polar surface area (TPSA) is 46.6 Å². The molecule has 4 rings (SSSR count). The van der Waals surface area contributed by atoms with Gasteiger partial charge in [0.05, 0.1) is 24.6 Å². The monoisotopic (exact) mass is 309 g/mol. The maximum atomic E-state index is 12.9. The number of carbonyl (C=O) groups is 2. The van der Waals surface area contributed by atoms with Crippen LogP contribution in [0.2, 0.25) is 0 Å². The summed E-state index contributed by atoms with van der Waals surface area (Å²) >= 11 is 0. The van der Waals surface area contributed by atoms with E-state index in [1.807, 2.05) is 0 Å². The Bertz CT molecular complexity index is 721. The molecule has 0 N–H and O–H groups in total. The van der Waals surface area contributed by atoms with Gasteiger partial charge in [-0.15, -0.1) is 0 Å². The minimum absolute atomic E-state index is 0.0687. The van der Waals surface area contributed by atoms with Gasteiger partial charge in [0.25, 0.3) is 0 Å². The minimum Gasteiger partial charge on any atom is -0.497 e. The number of carbonyl (C=O) groups excluding carboxylic acids is 2. The predicted octanol–water partition coefficient (Wildman–Crippen LogP) is 2.95. The highest BCUT2D eigenvalue weighted by Gasteiger charge is 2.61. The van der Waals surface area contributed by atoms with Gasteiger partial charge in [0, 0.05) is 11.8 Å². The van der Waals surface area contributed by atoms with E-state index in [2.05, 4.69) is 26.0 Å². The van der Waals surface area contributed by atoms with Crippen molar-refractivity contribution in [2.24, 2.45) is 23.7 Å². The van der Waals surface area contributed by atoms with Crippen LogP contribution < -0.4 is 9.64 Å². The van der Waals surface area contributed by atoms with Crippen molar-refractivity contribution >= 4 is 17.5 Å². The van der Waals surface area contributed by atoms with Crippen LogP contribution >= 0.6 is 0 Å². The molecule has 118 valence electrons. The molecule has 4 nitrogen and oxygen atoms in total. The quantitative estimate of drug-likeness (QED) is 0.623. The lowest BCUT2D eigenvalue weighted by atomic mass is 9.85. The Morgan fingerprint density at radius 3 is 1.91 bits per heavy atom. The number of methoxy groups -OCH3 is 1. The number of imide groups is 1. The van der Waals surface area contributed by atoms with Gasteiger partial charge in [0.1, 0.15) is 5.75 Å². The van der Waals surface area contributed by atoms with E-state index in [0.29, 0.717) is 11.4 Å². The molecule has 1 aromatic rings. The smallest absolute Gasteiger partial charge is 0.238 e. The molecule has 3 aliphatic rings. The number of nitrogens with zero attached hydrogens (tertiary/aromatic N) is 1. The molecule has 4 heteroatoms. The Hall–Kier alpha value is -2.36. The second-order valence-electron chi connectivity index (χ2n) is 6.65. The molecule has 2 bridgehead atoms. The molecule has 2 amide bonds. The predicted molar refractivity (Wildman–Crippen MR) is 87.0 cm³/mol. The maximum Gasteiger partial charge on any atom is 0.238 e. The molecule has 0 aromatic heterocycles. The molecule has 23 heavy (non-hydrogen) atoms. The Kier molecular flexibility index (Phi) is 2.98. The van der Waals surface area contributed by atoms with Gasteiger partial charge in [-0.25, -0.2) is 4.90 Å². The summed E-state index contributed by atoms with van der Waals surface area (Å²) in [6, 6.07) is 7.09. The number of hydrogen-bond acceptors (Lipinski definition) is 3. The summed E-state index contributed by atoms with van der Waals surface area (Å²) in [7, 11) is 1.59. The van der Waals surface area contributed by atoms with Gasteiger partial charge < -0.3 is 4.74 Å². The first-order valence-corrected chi connectivity index (χ1v) is 7.92. The van der Waals surface area contributed by atoms with Crippen molar-refractivity contribution in [1.29, 1.82) is 0 Å². The lowest BCUT2D eigenvalue weighted by molar-refractivity contribution is -0.122. The lowest BCUT2D eigenvalue weighted by Gasteiger charge is -2.19. The zero-order chi connectivity index (χ0) is 16.3. The van der Waals surface area contributed by atoms with Crippen LogP contribution in [0.4, 0.5) is 5.69 Å². The molecule has 0 unspecified atom stereocenters. The number of ether oxygens (including phenoxy) is 1. The Labute approximate surface area is 135 Å². The van der Waals surface area contributed by atoms with Gasteiger partial charge in [-0.2, -0.15) is 0 Å². The number of hydrogen-bond donors (Lipinski definition) is 0. The zero-order valence-corrected chi connectivity index (χ0v) is 13.4. The van der Waals surface area contributed by atoms with E-state index < -0.39 is 0 Å². The van der Waals surface area contributed by atoms with Gasteiger partial charge in [-0.1, -0.05) is 23.3 Å². The van der Waals surface area contributed by atoms with Crippen LogP contribution in [0.3, 0.4) is 0 Å².